The Morgan fingerprint density at radius 3 is 2.50 bits per heavy atom. The SMILES string of the molecule is COCCOCO[C@@H]1CCC(=O)[C@H](OCc2ccc(OC)cc2)[C@@H]2CCC=C1[C@@H]2OC(=O)OC. The van der Waals surface area contributed by atoms with Crippen LogP contribution in [-0.4, -0.2) is 71.6 Å². The smallest absolute Gasteiger partial charge is 0.497 e. The predicted octanol–water partition coefficient (Wildman–Crippen LogP) is 3.44. The molecule has 0 amide bonds. The summed E-state index contributed by atoms with van der Waals surface area (Å²) >= 11 is 0. The molecule has 1 saturated carbocycles. The summed E-state index contributed by atoms with van der Waals surface area (Å²) in [4.78, 5) is 25.3. The van der Waals surface area contributed by atoms with E-state index in [9.17, 15) is 9.59 Å². The predicted molar refractivity (Wildman–Crippen MR) is 121 cm³/mol. The lowest BCUT2D eigenvalue weighted by molar-refractivity contribution is -0.146. The number of fused-ring (bicyclic) bond motifs is 2. The molecule has 2 aliphatic rings. The molecule has 0 N–H and O–H groups in total. The van der Waals surface area contributed by atoms with E-state index in [0.29, 0.717) is 26.1 Å². The molecule has 0 aromatic heterocycles. The summed E-state index contributed by atoms with van der Waals surface area (Å²) in [5.74, 6) is 0.370. The van der Waals surface area contributed by atoms with Crippen LogP contribution in [0.2, 0.25) is 0 Å². The maximum Gasteiger partial charge on any atom is 0.508 e. The lowest BCUT2D eigenvalue weighted by Crippen LogP contribution is -2.48. The van der Waals surface area contributed by atoms with E-state index in [1.807, 2.05) is 30.3 Å². The van der Waals surface area contributed by atoms with Crippen LogP contribution in [0.4, 0.5) is 4.79 Å². The average Bonchev–Trinajstić information content (AvgIpc) is 2.86. The summed E-state index contributed by atoms with van der Waals surface area (Å²) in [6.07, 6.45) is 1.51. The number of Topliss-reactive ketones (excluding diaryl/α,β-unsaturated/α-hetero) is 1. The lowest BCUT2D eigenvalue weighted by Gasteiger charge is -2.40. The molecular formula is C25H34O9. The first kappa shape index (κ1) is 26.2. The van der Waals surface area contributed by atoms with Gasteiger partial charge in [0.05, 0.1) is 40.1 Å². The van der Waals surface area contributed by atoms with Crippen LogP contribution in [0, 0.1) is 5.92 Å². The van der Waals surface area contributed by atoms with Crippen molar-refractivity contribution in [3.05, 3.63) is 41.5 Å². The first-order valence-electron chi connectivity index (χ1n) is 11.5. The number of hydrogen-bond donors (Lipinski definition) is 0. The van der Waals surface area contributed by atoms with Crippen molar-refractivity contribution in [2.75, 3.05) is 41.3 Å². The zero-order chi connectivity index (χ0) is 24.3. The van der Waals surface area contributed by atoms with Gasteiger partial charge in [-0.05, 0) is 42.5 Å². The van der Waals surface area contributed by atoms with Gasteiger partial charge in [-0.3, -0.25) is 4.79 Å². The first-order chi connectivity index (χ1) is 16.6. The van der Waals surface area contributed by atoms with Crippen molar-refractivity contribution in [2.45, 2.75) is 50.6 Å². The van der Waals surface area contributed by atoms with Crippen LogP contribution >= 0.6 is 0 Å². The molecule has 1 aromatic rings. The van der Waals surface area contributed by atoms with Gasteiger partial charge >= 0.3 is 6.16 Å². The van der Waals surface area contributed by atoms with Gasteiger partial charge in [0.1, 0.15) is 24.8 Å². The Bertz CT molecular complexity index is 820. The second kappa shape index (κ2) is 13.4. The van der Waals surface area contributed by atoms with Gasteiger partial charge in [-0.2, -0.15) is 0 Å². The van der Waals surface area contributed by atoms with Gasteiger partial charge in [0, 0.05) is 19.4 Å². The third-order valence-electron chi connectivity index (χ3n) is 6.09. The van der Waals surface area contributed by atoms with E-state index in [4.69, 9.17) is 33.2 Å². The van der Waals surface area contributed by atoms with Crippen molar-refractivity contribution in [2.24, 2.45) is 5.92 Å². The van der Waals surface area contributed by atoms with Crippen LogP contribution < -0.4 is 4.74 Å². The minimum atomic E-state index is -0.806. The van der Waals surface area contributed by atoms with Gasteiger partial charge in [-0.1, -0.05) is 18.2 Å². The van der Waals surface area contributed by atoms with Crippen LogP contribution in [0.15, 0.2) is 35.9 Å². The number of carbonyl (C=O) groups excluding carboxylic acids is 2. The molecule has 9 heteroatoms. The number of allylic oxidation sites excluding steroid dienone is 1. The number of methoxy groups -OCH3 is 3. The van der Waals surface area contributed by atoms with E-state index < -0.39 is 24.5 Å². The number of rotatable bonds is 11. The molecule has 2 aliphatic carbocycles. The fourth-order valence-electron chi connectivity index (χ4n) is 4.35. The zero-order valence-corrected chi connectivity index (χ0v) is 20.0. The highest BCUT2D eigenvalue weighted by molar-refractivity contribution is 5.84. The van der Waals surface area contributed by atoms with Crippen LogP contribution in [0.5, 0.6) is 5.75 Å². The number of ketones is 1. The van der Waals surface area contributed by atoms with Crippen molar-refractivity contribution in [1.29, 1.82) is 0 Å². The van der Waals surface area contributed by atoms with Gasteiger partial charge < -0.3 is 33.2 Å². The number of carbonyl (C=O) groups is 2. The van der Waals surface area contributed by atoms with Crippen molar-refractivity contribution in [3.8, 4) is 5.75 Å². The van der Waals surface area contributed by atoms with Crippen molar-refractivity contribution < 1.29 is 42.7 Å². The molecule has 0 spiro atoms. The molecular weight excluding hydrogens is 444 g/mol. The number of benzene rings is 1. The summed E-state index contributed by atoms with van der Waals surface area (Å²) in [7, 11) is 4.46. The van der Waals surface area contributed by atoms with E-state index in [1.165, 1.54) is 7.11 Å². The van der Waals surface area contributed by atoms with E-state index in [0.717, 1.165) is 23.3 Å². The molecule has 2 bridgehead atoms. The summed E-state index contributed by atoms with van der Waals surface area (Å²) in [5.41, 5.74) is 1.74. The van der Waals surface area contributed by atoms with Gasteiger partial charge in [0.2, 0.25) is 0 Å². The minimum Gasteiger partial charge on any atom is -0.497 e. The average molecular weight is 479 g/mol. The number of ether oxygens (including phenoxy) is 7. The van der Waals surface area contributed by atoms with Crippen LogP contribution in [0.25, 0.3) is 0 Å². The van der Waals surface area contributed by atoms with E-state index in [1.54, 1.807) is 14.2 Å². The Morgan fingerprint density at radius 2 is 1.79 bits per heavy atom. The third kappa shape index (κ3) is 7.02. The van der Waals surface area contributed by atoms with Gasteiger partial charge in [-0.15, -0.1) is 0 Å². The molecule has 9 nitrogen and oxygen atoms in total. The number of hydrogen-bond acceptors (Lipinski definition) is 9. The fourth-order valence-corrected chi connectivity index (χ4v) is 4.35. The fraction of sp³-hybridized carbons (Fsp3) is 0.600. The lowest BCUT2D eigenvalue weighted by atomic mass is 9.75. The largest absolute Gasteiger partial charge is 0.508 e. The van der Waals surface area contributed by atoms with Gasteiger partial charge in [0.15, 0.2) is 5.78 Å². The summed E-state index contributed by atoms with van der Waals surface area (Å²) in [5, 5.41) is 0. The molecule has 0 saturated heterocycles. The molecule has 4 atom stereocenters. The first-order valence-corrected chi connectivity index (χ1v) is 11.5. The molecule has 34 heavy (non-hydrogen) atoms. The Balaban J connectivity index is 1.75. The molecule has 0 aliphatic heterocycles. The van der Waals surface area contributed by atoms with E-state index in [-0.39, 0.29) is 31.5 Å². The molecule has 188 valence electrons. The second-order valence-corrected chi connectivity index (χ2v) is 8.20. The highest BCUT2D eigenvalue weighted by atomic mass is 16.7. The Hall–Kier alpha value is -2.46. The molecule has 1 fully saturated rings. The topological polar surface area (TPSA) is 98.8 Å². The monoisotopic (exact) mass is 478 g/mol. The molecule has 0 unspecified atom stereocenters. The molecule has 1 aromatic carbocycles. The van der Waals surface area contributed by atoms with E-state index >= 15 is 0 Å². The van der Waals surface area contributed by atoms with Crippen LogP contribution in [-0.2, 0) is 39.8 Å². The Morgan fingerprint density at radius 1 is 1.00 bits per heavy atom. The Labute approximate surface area is 200 Å². The van der Waals surface area contributed by atoms with Crippen molar-refractivity contribution in [1.82, 2.24) is 0 Å². The summed E-state index contributed by atoms with van der Waals surface area (Å²) in [6.45, 7) is 1.16. The van der Waals surface area contributed by atoms with Crippen molar-refractivity contribution in [3.63, 3.8) is 0 Å². The highest BCUT2D eigenvalue weighted by Crippen LogP contribution is 2.38. The quantitative estimate of drug-likeness (QED) is 0.205. The molecule has 3 rings (SSSR count). The highest BCUT2D eigenvalue weighted by Gasteiger charge is 2.45. The summed E-state index contributed by atoms with van der Waals surface area (Å²) < 4.78 is 38.1. The van der Waals surface area contributed by atoms with Crippen LogP contribution in [0.1, 0.15) is 31.2 Å². The molecule has 0 radical (unpaired) electrons. The van der Waals surface area contributed by atoms with Crippen LogP contribution in [0.3, 0.4) is 0 Å². The Kier molecular flexibility index (Phi) is 10.3. The second-order valence-electron chi connectivity index (χ2n) is 8.20. The minimum absolute atomic E-state index is 0.0353. The third-order valence-corrected chi connectivity index (χ3v) is 6.09. The van der Waals surface area contributed by atoms with Gasteiger partial charge in [0.25, 0.3) is 0 Å². The maximum absolute atomic E-state index is 13.2. The maximum atomic E-state index is 13.2. The summed E-state index contributed by atoms with van der Waals surface area (Å²) in [6, 6.07) is 7.49. The molecule has 0 heterocycles. The normalized spacial score (nSPS) is 24.6. The van der Waals surface area contributed by atoms with Crippen molar-refractivity contribution >= 4 is 11.9 Å². The zero-order valence-electron chi connectivity index (χ0n) is 20.0. The van der Waals surface area contributed by atoms with E-state index in [2.05, 4.69) is 0 Å². The standard InChI is InChI=1S/C25H34O9/c1-28-13-14-31-16-33-22-12-11-21(26)24(32-15-17-7-9-18(29-2)10-8-17)20-6-4-5-19(22)23(20)34-25(27)30-3/h5,7-10,20,22-24H,4,6,11-16H2,1-3H3/t20-,22-,23+,24-/m1/s1. The van der Waals surface area contributed by atoms with Gasteiger partial charge in [-0.25, -0.2) is 4.79 Å².